The Morgan fingerprint density at radius 3 is 2.41 bits per heavy atom. The summed E-state index contributed by atoms with van der Waals surface area (Å²) in [4.78, 5) is 11.8. The third kappa shape index (κ3) is 5.04. The molecule has 0 saturated heterocycles. The Morgan fingerprint density at radius 2 is 2.00 bits per heavy atom. The van der Waals surface area contributed by atoms with Crippen molar-refractivity contribution in [3.05, 3.63) is 0 Å². The van der Waals surface area contributed by atoms with Gasteiger partial charge in [-0.25, -0.2) is 8.42 Å². The second kappa shape index (κ2) is 4.94. The first kappa shape index (κ1) is 14.4. The number of nitrogens with two attached hydrogens (primary N) is 1. The van der Waals surface area contributed by atoms with Gasteiger partial charge in [-0.05, 0) is 39.0 Å². The molecule has 0 aromatic carbocycles. The van der Waals surface area contributed by atoms with Crippen molar-refractivity contribution in [2.24, 2.45) is 11.7 Å². The predicted molar refractivity (Wildman–Crippen MR) is 67.2 cm³/mol. The van der Waals surface area contributed by atoms with E-state index in [2.05, 4.69) is 5.32 Å². The lowest BCUT2D eigenvalue weighted by Gasteiger charge is -2.27. The normalized spacial score (nSPS) is 18.8. The average molecular weight is 262 g/mol. The number of hydrogen-bond donors (Lipinski definition) is 2. The quantitative estimate of drug-likeness (QED) is 0.708. The van der Waals surface area contributed by atoms with Gasteiger partial charge in [0.15, 0.2) is 0 Å². The zero-order valence-corrected chi connectivity index (χ0v) is 11.5. The van der Waals surface area contributed by atoms with E-state index in [1.807, 2.05) is 13.8 Å². The molecule has 1 fully saturated rings. The van der Waals surface area contributed by atoms with Gasteiger partial charge in [-0.15, -0.1) is 0 Å². The van der Waals surface area contributed by atoms with Gasteiger partial charge >= 0.3 is 0 Å². The number of amides is 1. The van der Waals surface area contributed by atoms with Crippen molar-refractivity contribution in [3.63, 3.8) is 0 Å². The molecule has 0 spiro atoms. The SMILES string of the molecule is CC(C)(NC(=O)C(N)CCS(C)(=O)=O)C1CC1. The number of hydrogen-bond acceptors (Lipinski definition) is 4. The van der Waals surface area contributed by atoms with E-state index >= 15 is 0 Å². The summed E-state index contributed by atoms with van der Waals surface area (Å²) in [5.74, 6) is 0.213. The van der Waals surface area contributed by atoms with Crippen LogP contribution in [0, 0.1) is 5.92 Å². The highest BCUT2D eigenvalue weighted by Gasteiger charge is 2.39. The molecule has 0 aliphatic heterocycles. The molecule has 1 unspecified atom stereocenters. The van der Waals surface area contributed by atoms with Crippen molar-refractivity contribution in [3.8, 4) is 0 Å². The minimum Gasteiger partial charge on any atom is -0.350 e. The Labute approximate surface area is 103 Å². The van der Waals surface area contributed by atoms with Gasteiger partial charge in [0.25, 0.3) is 0 Å². The number of carbonyl (C=O) groups is 1. The van der Waals surface area contributed by atoms with Crippen LogP contribution in [0.1, 0.15) is 33.1 Å². The first-order valence-electron chi connectivity index (χ1n) is 5.87. The number of carbonyl (C=O) groups excluding carboxylic acids is 1. The van der Waals surface area contributed by atoms with E-state index in [1.165, 1.54) is 0 Å². The van der Waals surface area contributed by atoms with Gasteiger partial charge in [0.2, 0.25) is 5.91 Å². The molecular formula is C11H22N2O3S. The molecule has 5 nitrogen and oxygen atoms in total. The number of rotatable bonds is 6. The lowest BCUT2D eigenvalue weighted by atomic mass is 9.98. The van der Waals surface area contributed by atoms with Crippen LogP contribution in [0.2, 0.25) is 0 Å². The standard InChI is InChI=1S/C11H22N2O3S/c1-11(2,8-4-5-8)13-10(14)9(12)6-7-17(3,15)16/h8-9H,4-7,12H2,1-3H3,(H,13,14). The first-order chi connectivity index (χ1) is 7.62. The molecule has 0 radical (unpaired) electrons. The minimum atomic E-state index is -3.06. The molecule has 1 atom stereocenters. The van der Waals surface area contributed by atoms with Gasteiger partial charge < -0.3 is 11.1 Å². The monoisotopic (exact) mass is 262 g/mol. The van der Waals surface area contributed by atoms with Crippen molar-refractivity contribution >= 4 is 15.7 Å². The van der Waals surface area contributed by atoms with E-state index in [9.17, 15) is 13.2 Å². The maximum atomic E-state index is 11.8. The third-order valence-electron chi connectivity index (χ3n) is 3.18. The number of sulfone groups is 1. The molecule has 3 N–H and O–H groups in total. The van der Waals surface area contributed by atoms with E-state index < -0.39 is 15.9 Å². The summed E-state index contributed by atoms with van der Waals surface area (Å²) in [5.41, 5.74) is 5.44. The van der Waals surface area contributed by atoms with Crippen molar-refractivity contribution in [2.75, 3.05) is 12.0 Å². The van der Waals surface area contributed by atoms with Crippen molar-refractivity contribution in [2.45, 2.75) is 44.7 Å². The lowest BCUT2D eigenvalue weighted by molar-refractivity contribution is -0.124. The van der Waals surface area contributed by atoms with E-state index in [-0.39, 0.29) is 23.6 Å². The highest BCUT2D eigenvalue weighted by Crippen LogP contribution is 2.39. The smallest absolute Gasteiger partial charge is 0.237 e. The fourth-order valence-electron chi connectivity index (χ4n) is 1.79. The Bertz CT molecular complexity index is 386. The summed E-state index contributed by atoms with van der Waals surface area (Å²) >= 11 is 0. The van der Waals surface area contributed by atoms with Gasteiger partial charge in [-0.2, -0.15) is 0 Å². The minimum absolute atomic E-state index is 0.0502. The molecule has 1 aliphatic rings. The zero-order valence-electron chi connectivity index (χ0n) is 10.7. The molecule has 0 aromatic rings. The molecule has 0 bridgehead atoms. The van der Waals surface area contributed by atoms with Gasteiger partial charge in [-0.3, -0.25) is 4.79 Å². The summed E-state index contributed by atoms with van der Waals surface area (Å²) < 4.78 is 21.9. The molecule has 6 heteroatoms. The largest absolute Gasteiger partial charge is 0.350 e. The molecule has 100 valence electrons. The van der Waals surface area contributed by atoms with E-state index in [4.69, 9.17) is 5.73 Å². The third-order valence-corrected chi connectivity index (χ3v) is 4.16. The summed E-state index contributed by atoms with van der Waals surface area (Å²) in [7, 11) is -3.06. The second-order valence-electron chi connectivity index (χ2n) is 5.51. The van der Waals surface area contributed by atoms with Crippen molar-refractivity contribution in [1.29, 1.82) is 0 Å². The zero-order chi connectivity index (χ0) is 13.3. The number of nitrogens with one attached hydrogen (secondary N) is 1. The van der Waals surface area contributed by atoms with Gasteiger partial charge in [0.1, 0.15) is 9.84 Å². The first-order valence-corrected chi connectivity index (χ1v) is 7.93. The van der Waals surface area contributed by atoms with Crippen molar-refractivity contribution < 1.29 is 13.2 Å². The molecule has 0 aromatic heterocycles. The van der Waals surface area contributed by atoms with Crippen LogP contribution in [0.4, 0.5) is 0 Å². The molecule has 1 aliphatic carbocycles. The van der Waals surface area contributed by atoms with Crippen LogP contribution in [-0.4, -0.2) is 37.9 Å². The van der Waals surface area contributed by atoms with Crippen LogP contribution >= 0.6 is 0 Å². The average Bonchev–Trinajstić information content (AvgIpc) is 2.94. The highest BCUT2D eigenvalue weighted by molar-refractivity contribution is 7.90. The van der Waals surface area contributed by atoms with Crippen LogP contribution < -0.4 is 11.1 Å². The highest BCUT2D eigenvalue weighted by atomic mass is 32.2. The Morgan fingerprint density at radius 1 is 1.47 bits per heavy atom. The molecule has 0 heterocycles. The molecule has 1 rings (SSSR count). The predicted octanol–water partition coefficient (Wildman–Crippen LogP) is 0.0532. The van der Waals surface area contributed by atoms with Crippen LogP contribution in [0.5, 0.6) is 0 Å². The van der Waals surface area contributed by atoms with Crippen LogP contribution in [0.25, 0.3) is 0 Å². The van der Waals surface area contributed by atoms with E-state index in [0.717, 1.165) is 19.1 Å². The van der Waals surface area contributed by atoms with Gasteiger partial charge in [0, 0.05) is 11.8 Å². The molecule has 1 saturated carbocycles. The second-order valence-corrected chi connectivity index (χ2v) is 7.77. The summed E-state index contributed by atoms with van der Waals surface area (Å²) in [6.45, 7) is 3.96. The molecular weight excluding hydrogens is 240 g/mol. The summed E-state index contributed by atoms with van der Waals surface area (Å²) in [5, 5.41) is 2.90. The van der Waals surface area contributed by atoms with E-state index in [0.29, 0.717) is 5.92 Å². The van der Waals surface area contributed by atoms with Crippen LogP contribution in [-0.2, 0) is 14.6 Å². The lowest BCUT2D eigenvalue weighted by Crippen LogP contribution is -2.52. The molecule has 1 amide bonds. The van der Waals surface area contributed by atoms with E-state index in [1.54, 1.807) is 0 Å². The Balaban J connectivity index is 2.41. The fourth-order valence-corrected chi connectivity index (χ4v) is 2.47. The van der Waals surface area contributed by atoms with Gasteiger partial charge in [0.05, 0.1) is 11.8 Å². The Hall–Kier alpha value is -0.620. The van der Waals surface area contributed by atoms with Crippen molar-refractivity contribution in [1.82, 2.24) is 5.32 Å². The maximum Gasteiger partial charge on any atom is 0.237 e. The Kier molecular flexibility index (Phi) is 4.19. The van der Waals surface area contributed by atoms with Crippen LogP contribution in [0.15, 0.2) is 0 Å². The van der Waals surface area contributed by atoms with Gasteiger partial charge in [-0.1, -0.05) is 0 Å². The molecule has 17 heavy (non-hydrogen) atoms. The summed E-state index contributed by atoms with van der Waals surface area (Å²) in [6, 6.07) is -0.747. The van der Waals surface area contributed by atoms with Crippen LogP contribution in [0.3, 0.4) is 0 Å². The fraction of sp³-hybridized carbons (Fsp3) is 0.909. The maximum absolute atomic E-state index is 11.8. The topological polar surface area (TPSA) is 89.3 Å². The summed E-state index contributed by atoms with van der Waals surface area (Å²) in [6.07, 6.45) is 3.58.